The topological polar surface area (TPSA) is 77.2 Å². The van der Waals surface area contributed by atoms with Crippen molar-refractivity contribution >= 4 is 5.82 Å². The van der Waals surface area contributed by atoms with Crippen molar-refractivity contribution < 1.29 is 4.74 Å². The van der Waals surface area contributed by atoms with Gasteiger partial charge in [-0.2, -0.15) is 0 Å². The molecule has 0 aliphatic carbocycles. The van der Waals surface area contributed by atoms with Crippen LogP contribution in [0.25, 0.3) is 22.6 Å². The highest BCUT2D eigenvalue weighted by Crippen LogP contribution is 2.28. The quantitative estimate of drug-likeness (QED) is 0.782. The lowest BCUT2D eigenvalue weighted by molar-refractivity contribution is 0.415. The smallest absolute Gasteiger partial charge is 0.162 e. The summed E-state index contributed by atoms with van der Waals surface area (Å²) in [7, 11) is 1.66. The minimum atomic E-state index is 0.191. The lowest BCUT2D eigenvalue weighted by Gasteiger charge is -2.18. The number of nitrogens with two attached hydrogens (primary N) is 1. The first-order valence-corrected chi connectivity index (χ1v) is 8.67. The van der Waals surface area contributed by atoms with Crippen LogP contribution < -0.4 is 15.4 Å². The van der Waals surface area contributed by atoms with Gasteiger partial charge in [-0.1, -0.05) is 0 Å². The highest BCUT2D eigenvalue weighted by molar-refractivity contribution is 5.67. The summed E-state index contributed by atoms with van der Waals surface area (Å²) in [5.74, 6) is 2.39. The third-order valence-corrected chi connectivity index (χ3v) is 4.57. The van der Waals surface area contributed by atoms with E-state index in [1.54, 1.807) is 13.3 Å². The largest absolute Gasteiger partial charge is 0.497 e. The Balaban J connectivity index is 1.79. The Morgan fingerprint density at radius 1 is 1.12 bits per heavy atom. The molecule has 0 spiro atoms. The summed E-state index contributed by atoms with van der Waals surface area (Å²) in [6.45, 7) is 1.72. The van der Waals surface area contributed by atoms with Crippen molar-refractivity contribution in [3.63, 3.8) is 0 Å². The first kappa shape index (κ1) is 16.5. The van der Waals surface area contributed by atoms with Crippen LogP contribution in [0.1, 0.15) is 6.42 Å². The summed E-state index contributed by atoms with van der Waals surface area (Å²) in [4.78, 5) is 16.0. The average molecular weight is 347 g/mol. The Bertz CT molecular complexity index is 882. The standard InChI is InChI=1S/C20H21N5O/c1-26-17-6-4-14(5-7-17)20-23-18(15-3-2-9-22-12-15)11-19(24-20)25-10-8-16(21)13-25/h2-7,9,11-12,16H,8,10,13,21H2,1H3. The Morgan fingerprint density at radius 2 is 1.96 bits per heavy atom. The van der Waals surface area contributed by atoms with Crippen LogP contribution in [0.4, 0.5) is 5.82 Å². The minimum Gasteiger partial charge on any atom is -0.497 e. The lowest BCUT2D eigenvalue weighted by Crippen LogP contribution is -2.27. The fourth-order valence-electron chi connectivity index (χ4n) is 3.12. The van der Waals surface area contributed by atoms with E-state index in [9.17, 15) is 0 Å². The van der Waals surface area contributed by atoms with E-state index in [-0.39, 0.29) is 6.04 Å². The molecule has 0 saturated carbocycles. The van der Waals surface area contributed by atoms with E-state index in [0.29, 0.717) is 5.82 Å². The summed E-state index contributed by atoms with van der Waals surface area (Å²) in [5.41, 5.74) is 8.85. The van der Waals surface area contributed by atoms with Crippen molar-refractivity contribution in [3.8, 4) is 28.4 Å². The third kappa shape index (κ3) is 3.36. The van der Waals surface area contributed by atoms with Crippen molar-refractivity contribution in [2.75, 3.05) is 25.1 Å². The number of aromatic nitrogens is 3. The number of pyridine rings is 1. The van der Waals surface area contributed by atoms with Crippen LogP contribution in [0.15, 0.2) is 54.9 Å². The first-order chi connectivity index (χ1) is 12.7. The normalized spacial score (nSPS) is 16.7. The Hall–Kier alpha value is -2.99. The van der Waals surface area contributed by atoms with Gasteiger partial charge in [0.05, 0.1) is 12.8 Å². The molecule has 1 aliphatic heterocycles. The molecule has 1 fully saturated rings. The SMILES string of the molecule is COc1ccc(-c2nc(-c3cccnc3)cc(N3CCC(N)C3)n2)cc1. The van der Waals surface area contributed by atoms with Gasteiger partial charge < -0.3 is 15.4 Å². The number of hydrogen-bond donors (Lipinski definition) is 1. The summed E-state index contributed by atoms with van der Waals surface area (Å²) in [6.07, 6.45) is 4.55. The van der Waals surface area contributed by atoms with Crippen LogP contribution in [0.2, 0.25) is 0 Å². The molecule has 1 unspecified atom stereocenters. The van der Waals surface area contributed by atoms with Gasteiger partial charge in [0.15, 0.2) is 5.82 Å². The number of methoxy groups -OCH3 is 1. The second-order valence-corrected chi connectivity index (χ2v) is 6.40. The van der Waals surface area contributed by atoms with Gasteiger partial charge in [-0.3, -0.25) is 4.98 Å². The molecule has 1 saturated heterocycles. The van der Waals surface area contributed by atoms with E-state index in [1.807, 2.05) is 48.7 Å². The molecule has 26 heavy (non-hydrogen) atoms. The van der Waals surface area contributed by atoms with Crippen molar-refractivity contribution in [2.45, 2.75) is 12.5 Å². The first-order valence-electron chi connectivity index (χ1n) is 8.67. The van der Waals surface area contributed by atoms with E-state index >= 15 is 0 Å². The second-order valence-electron chi connectivity index (χ2n) is 6.40. The van der Waals surface area contributed by atoms with Gasteiger partial charge in [0.1, 0.15) is 11.6 Å². The molecule has 0 amide bonds. The van der Waals surface area contributed by atoms with Gasteiger partial charge in [-0.05, 0) is 42.8 Å². The van der Waals surface area contributed by atoms with Gasteiger partial charge in [0.2, 0.25) is 0 Å². The maximum absolute atomic E-state index is 6.08. The Kier molecular flexibility index (Phi) is 4.50. The Morgan fingerprint density at radius 3 is 2.62 bits per heavy atom. The van der Waals surface area contributed by atoms with Gasteiger partial charge >= 0.3 is 0 Å². The fourth-order valence-corrected chi connectivity index (χ4v) is 3.12. The predicted octanol–water partition coefficient (Wildman–Crippen LogP) is 2.75. The van der Waals surface area contributed by atoms with E-state index in [4.69, 9.17) is 20.4 Å². The average Bonchev–Trinajstić information content (AvgIpc) is 3.15. The molecule has 2 aromatic heterocycles. The van der Waals surface area contributed by atoms with Crippen LogP contribution in [0.3, 0.4) is 0 Å². The highest BCUT2D eigenvalue weighted by atomic mass is 16.5. The maximum Gasteiger partial charge on any atom is 0.162 e. The van der Waals surface area contributed by atoms with Crippen molar-refractivity contribution in [2.24, 2.45) is 5.73 Å². The zero-order valence-electron chi connectivity index (χ0n) is 14.7. The highest BCUT2D eigenvalue weighted by Gasteiger charge is 2.22. The fraction of sp³-hybridized carbons (Fsp3) is 0.250. The molecule has 4 rings (SSSR count). The number of hydrogen-bond acceptors (Lipinski definition) is 6. The predicted molar refractivity (Wildman–Crippen MR) is 102 cm³/mol. The number of benzene rings is 1. The van der Waals surface area contributed by atoms with Crippen molar-refractivity contribution in [3.05, 3.63) is 54.9 Å². The van der Waals surface area contributed by atoms with E-state index in [1.165, 1.54) is 0 Å². The second kappa shape index (κ2) is 7.09. The molecule has 1 atom stereocenters. The lowest BCUT2D eigenvalue weighted by atomic mass is 10.1. The summed E-state index contributed by atoms with van der Waals surface area (Å²) in [6, 6.07) is 13.9. The van der Waals surface area contributed by atoms with E-state index in [2.05, 4.69) is 9.88 Å². The molecule has 1 aliphatic rings. The van der Waals surface area contributed by atoms with Crippen LogP contribution in [-0.4, -0.2) is 41.2 Å². The Labute approximate surface area is 152 Å². The molecule has 132 valence electrons. The van der Waals surface area contributed by atoms with Crippen molar-refractivity contribution in [1.82, 2.24) is 15.0 Å². The number of nitrogens with zero attached hydrogens (tertiary/aromatic N) is 4. The van der Waals surface area contributed by atoms with Crippen LogP contribution >= 0.6 is 0 Å². The van der Waals surface area contributed by atoms with Gasteiger partial charge in [0.25, 0.3) is 0 Å². The zero-order chi connectivity index (χ0) is 17.9. The van der Waals surface area contributed by atoms with Crippen LogP contribution in [0, 0.1) is 0 Å². The van der Waals surface area contributed by atoms with Gasteiger partial charge in [0, 0.05) is 48.7 Å². The molecule has 3 heterocycles. The number of rotatable bonds is 4. The molecule has 0 radical (unpaired) electrons. The molecule has 3 aromatic rings. The molecule has 1 aromatic carbocycles. The summed E-state index contributed by atoms with van der Waals surface area (Å²) >= 11 is 0. The molecular formula is C20H21N5O. The molecule has 6 nitrogen and oxygen atoms in total. The third-order valence-electron chi connectivity index (χ3n) is 4.57. The van der Waals surface area contributed by atoms with Crippen LogP contribution in [-0.2, 0) is 0 Å². The molecular weight excluding hydrogens is 326 g/mol. The van der Waals surface area contributed by atoms with E-state index < -0.39 is 0 Å². The minimum absolute atomic E-state index is 0.191. The number of ether oxygens (including phenoxy) is 1. The summed E-state index contributed by atoms with van der Waals surface area (Å²) < 4.78 is 5.24. The summed E-state index contributed by atoms with van der Waals surface area (Å²) in [5, 5.41) is 0. The van der Waals surface area contributed by atoms with E-state index in [0.717, 1.165) is 47.9 Å². The monoisotopic (exact) mass is 347 g/mol. The van der Waals surface area contributed by atoms with Crippen molar-refractivity contribution in [1.29, 1.82) is 0 Å². The number of anilines is 1. The molecule has 0 bridgehead atoms. The molecule has 6 heteroatoms. The van der Waals surface area contributed by atoms with Crippen LogP contribution in [0.5, 0.6) is 5.75 Å². The van der Waals surface area contributed by atoms with Gasteiger partial charge in [-0.15, -0.1) is 0 Å². The zero-order valence-corrected chi connectivity index (χ0v) is 14.7. The maximum atomic E-state index is 6.08. The van der Waals surface area contributed by atoms with Gasteiger partial charge in [-0.25, -0.2) is 9.97 Å². The molecule has 2 N–H and O–H groups in total.